The number of hydrogen-bond acceptors (Lipinski definition) is 2. The molecular weight excluding hydrogens is 224 g/mol. The highest BCUT2D eigenvalue weighted by molar-refractivity contribution is 5.66. The Morgan fingerprint density at radius 3 is 2.83 bits per heavy atom. The lowest BCUT2D eigenvalue weighted by Crippen LogP contribution is -2.03. The Kier molecular flexibility index (Phi) is 2.77. The minimum absolute atomic E-state index is 0.843. The van der Waals surface area contributed by atoms with Gasteiger partial charge in [0.2, 0.25) is 0 Å². The van der Waals surface area contributed by atoms with Crippen LogP contribution in [-0.4, -0.2) is 7.11 Å². The van der Waals surface area contributed by atoms with E-state index in [9.17, 15) is 0 Å². The fraction of sp³-hybridized carbons (Fsp3) is 0.125. The number of ether oxygens (including phenoxy) is 2. The van der Waals surface area contributed by atoms with Gasteiger partial charge in [-0.1, -0.05) is 30.3 Å². The van der Waals surface area contributed by atoms with E-state index < -0.39 is 0 Å². The summed E-state index contributed by atoms with van der Waals surface area (Å²) in [5, 5.41) is 0. The maximum Gasteiger partial charge on any atom is 0.131 e. The molecule has 0 aromatic heterocycles. The number of hydrogen-bond donors (Lipinski definition) is 0. The molecule has 2 heteroatoms. The zero-order valence-electron chi connectivity index (χ0n) is 10.2. The maximum atomic E-state index is 5.92. The quantitative estimate of drug-likeness (QED) is 0.794. The first-order chi connectivity index (χ1) is 8.86. The van der Waals surface area contributed by atoms with Crippen LogP contribution in [0.1, 0.15) is 11.1 Å². The summed E-state index contributed by atoms with van der Waals surface area (Å²) in [7, 11) is 1.67. The van der Waals surface area contributed by atoms with Gasteiger partial charge in [0.15, 0.2) is 0 Å². The third-order valence-corrected chi connectivity index (χ3v) is 3.05. The predicted octanol–water partition coefficient (Wildman–Crippen LogP) is 3.67. The molecule has 2 aromatic rings. The van der Waals surface area contributed by atoms with Crippen molar-refractivity contribution in [2.24, 2.45) is 0 Å². The minimum atomic E-state index is 0.843. The molecular formula is C16H14O2. The average Bonchev–Trinajstić information content (AvgIpc) is 2.47. The highest BCUT2D eigenvalue weighted by Gasteiger charge is 2.13. The van der Waals surface area contributed by atoms with Crippen molar-refractivity contribution in [1.29, 1.82) is 0 Å². The van der Waals surface area contributed by atoms with E-state index in [4.69, 9.17) is 9.47 Å². The molecule has 0 amide bonds. The van der Waals surface area contributed by atoms with E-state index in [0.717, 1.165) is 29.2 Å². The zero-order valence-corrected chi connectivity index (χ0v) is 10.2. The van der Waals surface area contributed by atoms with Gasteiger partial charge in [-0.25, -0.2) is 0 Å². The van der Waals surface area contributed by atoms with Gasteiger partial charge in [-0.05, 0) is 36.3 Å². The first-order valence-electron chi connectivity index (χ1n) is 5.97. The fourth-order valence-corrected chi connectivity index (χ4v) is 2.09. The first-order valence-corrected chi connectivity index (χ1v) is 5.97. The van der Waals surface area contributed by atoms with Gasteiger partial charge in [0.25, 0.3) is 0 Å². The van der Waals surface area contributed by atoms with E-state index >= 15 is 0 Å². The van der Waals surface area contributed by atoms with Gasteiger partial charge in [-0.2, -0.15) is 0 Å². The number of allylic oxidation sites excluding steroid dienone is 1. The molecule has 0 fully saturated rings. The van der Waals surface area contributed by atoms with Crippen molar-refractivity contribution < 1.29 is 9.47 Å². The molecule has 0 aliphatic carbocycles. The van der Waals surface area contributed by atoms with Crippen LogP contribution >= 0.6 is 0 Å². The smallest absolute Gasteiger partial charge is 0.131 e. The molecule has 1 aliphatic heterocycles. The van der Waals surface area contributed by atoms with Gasteiger partial charge in [-0.3, -0.25) is 0 Å². The van der Waals surface area contributed by atoms with E-state index in [-0.39, 0.29) is 0 Å². The number of fused-ring (bicyclic) bond motifs is 1. The van der Waals surface area contributed by atoms with Crippen LogP contribution in [0.4, 0.5) is 0 Å². The molecule has 0 unspecified atom stereocenters. The Bertz CT molecular complexity index is 600. The molecule has 0 N–H and O–H groups in total. The second kappa shape index (κ2) is 4.57. The second-order valence-corrected chi connectivity index (χ2v) is 4.21. The topological polar surface area (TPSA) is 18.5 Å². The van der Waals surface area contributed by atoms with Crippen LogP contribution in [-0.2, 0) is 6.42 Å². The molecule has 1 aliphatic rings. The molecule has 2 aromatic carbocycles. The van der Waals surface area contributed by atoms with Crippen LogP contribution in [0.25, 0.3) is 5.76 Å². The molecule has 0 saturated heterocycles. The largest absolute Gasteiger partial charge is 0.497 e. The Balaban J connectivity index is 1.93. The summed E-state index contributed by atoms with van der Waals surface area (Å²) in [6.45, 7) is 0. The molecule has 0 spiro atoms. The van der Waals surface area contributed by atoms with Gasteiger partial charge >= 0.3 is 0 Å². The lowest BCUT2D eigenvalue weighted by Gasteiger charge is -2.18. The molecule has 0 radical (unpaired) electrons. The minimum Gasteiger partial charge on any atom is -0.497 e. The van der Waals surface area contributed by atoms with Crippen LogP contribution < -0.4 is 9.47 Å². The molecule has 0 bridgehead atoms. The number of rotatable bonds is 2. The standard InChI is InChI=1S/C16H14O2/c1-17-14-7-4-6-13(11-14)16-10-9-12-5-2-3-8-15(12)18-16/h2-8,10-11H,9H2,1H3. The van der Waals surface area contributed by atoms with Crippen LogP contribution in [0, 0.1) is 0 Å². The predicted molar refractivity (Wildman–Crippen MR) is 71.7 cm³/mol. The average molecular weight is 238 g/mol. The molecule has 2 nitrogen and oxygen atoms in total. The van der Waals surface area contributed by atoms with Gasteiger partial charge in [0.05, 0.1) is 7.11 Å². The van der Waals surface area contributed by atoms with Crippen molar-refractivity contribution in [3.63, 3.8) is 0 Å². The van der Waals surface area contributed by atoms with Crippen molar-refractivity contribution in [2.75, 3.05) is 7.11 Å². The number of methoxy groups -OCH3 is 1. The lowest BCUT2D eigenvalue weighted by atomic mass is 10.1. The number of benzene rings is 2. The van der Waals surface area contributed by atoms with Crippen molar-refractivity contribution in [1.82, 2.24) is 0 Å². The summed E-state index contributed by atoms with van der Waals surface area (Å²) in [6.07, 6.45) is 3.01. The summed E-state index contributed by atoms with van der Waals surface area (Å²) < 4.78 is 11.2. The van der Waals surface area contributed by atoms with Gasteiger partial charge in [0.1, 0.15) is 17.3 Å². The maximum absolute atomic E-state index is 5.92. The zero-order chi connectivity index (χ0) is 12.4. The Labute approximate surface area is 106 Å². The summed E-state index contributed by atoms with van der Waals surface area (Å²) in [6, 6.07) is 16.0. The van der Waals surface area contributed by atoms with Crippen LogP contribution in [0.3, 0.4) is 0 Å². The van der Waals surface area contributed by atoms with Crippen LogP contribution in [0.5, 0.6) is 11.5 Å². The lowest BCUT2D eigenvalue weighted by molar-refractivity contribution is 0.414. The van der Waals surface area contributed by atoms with Gasteiger partial charge < -0.3 is 9.47 Å². The molecule has 1 heterocycles. The van der Waals surface area contributed by atoms with E-state index in [1.54, 1.807) is 7.11 Å². The summed E-state index contributed by atoms with van der Waals surface area (Å²) in [5.74, 6) is 2.68. The van der Waals surface area contributed by atoms with E-state index in [0.29, 0.717) is 0 Å². The first kappa shape index (κ1) is 10.9. The van der Waals surface area contributed by atoms with Crippen molar-refractivity contribution in [2.45, 2.75) is 6.42 Å². The molecule has 3 rings (SSSR count). The van der Waals surface area contributed by atoms with E-state index in [1.807, 2.05) is 42.5 Å². The fourth-order valence-electron chi connectivity index (χ4n) is 2.09. The van der Waals surface area contributed by atoms with Crippen molar-refractivity contribution >= 4 is 5.76 Å². The highest BCUT2D eigenvalue weighted by atomic mass is 16.5. The highest BCUT2D eigenvalue weighted by Crippen LogP contribution is 2.31. The summed E-state index contributed by atoms with van der Waals surface area (Å²) in [4.78, 5) is 0. The van der Waals surface area contributed by atoms with Crippen molar-refractivity contribution in [3.05, 3.63) is 65.7 Å². The molecule has 0 saturated carbocycles. The van der Waals surface area contributed by atoms with Crippen LogP contribution in [0.2, 0.25) is 0 Å². The van der Waals surface area contributed by atoms with Gasteiger partial charge in [-0.15, -0.1) is 0 Å². The van der Waals surface area contributed by atoms with E-state index in [1.165, 1.54) is 5.56 Å². The Morgan fingerprint density at radius 1 is 1.06 bits per heavy atom. The Hall–Kier alpha value is -2.22. The number of para-hydroxylation sites is 1. The Morgan fingerprint density at radius 2 is 1.94 bits per heavy atom. The van der Waals surface area contributed by atoms with Crippen molar-refractivity contribution in [3.8, 4) is 11.5 Å². The third-order valence-electron chi connectivity index (χ3n) is 3.05. The molecule has 0 atom stereocenters. The van der Waals surface area contributed by atoms with E-state index in [2.05, 4.69) is 12.1 Å². The third kappa shape index (κ3) is 1.97. The monoisotopic (exact) mass is 238 g/mol. The SMILES string of the molecule is COc1cccc(C2=CCc3ccccc3O2)c1. The van der Waals surface area contributed by atoms with Crippen LogP contribution in [0.15, 0.2) is 54.6 Å². The summed E-state index contributed by atoms with van der Waals surface area (Å²) in [5.41, 5.74) is 2.27. The van der Waals surface area contributed by atoms with Gasteiger partial charge in [0, 0.05) is 5.56 Å². The molecule has 90 valence electrons. The summed E-state index contributed by atoms with van der Waals surface area (Å²) >= 11 is 0. The normalized spacial score (nSPS) is 13.3. The molecule has 18 heavy (non-hydrogen) atoms. The second-order valence-electron chi connectivity index (χ2n) is 4.21.